The number of benzene rings is 1. The molecule has 0 bridgehead atoms. The molecule has 0 aliphatic rings. The van der Waals surface area contributed by atoms with E-state index in [1.54, 1.807) is 17.4 Å². The largest absolute Gasteiger partial charge is 0.310 e. The van der Waals surface area contributed by atoms with Crippen molar-refractivity contribution in [2.24, 2.45) is 0 Å². The summed E-state index contributed by atoms with van der Waals surface area (Å²) in [5.41, 5.74) is 0.816. The van der Waals surface area contributed by atoms with Crippen LogP contribution in [0.25, 0.3) is 10.6 Å². The average molecular weight is 329 g/mol. The van der Waals surface area contributed by atoms with Gasteiger partial charge >= 0.3 is 0 Å². The van der Waals surface area contributed by atoms with Crippen molar-refractivity contribution < 1.29 is 4.39 Å². The molecular weight excluding hydrogens is 315 g/mol. The normalized spacial score (nSPS) is 11.2. The van der Waals surface area contributed by atoms with E-state index in [-0.39, 0.29) is 5.82 Å². The summed E-state index contributed by atoms with van der Waals surface area (Å²) < 4.78 is 13.9. The number of nitrogens with one attached hydrogen (secondary N) is 1. The summed E-state index contributed by atoms with van der Waals surface area (Å²) in [7, 11) is 0. The Morgan fingerprint density at radius 1 is 1.44 bits per heavy atom. The van der Waals surface area contributed by atoms with E-state index in [0.29, 0.717) is 10.5 Å². The third-order valence-electron chi connectivity index (χ3n) is 2.40. The third-order valence-corrected chi connectivity index (χ3v) is 4.09. The predicted molar refractivity (Wildman–Crippen MR) is 77.2 cm³/mol. The van der Waals surface area contributed by atoms with E-state index in [1.807, 2.05) is 12.3 Å². The first-order chi connectivity index (χ1) is 8.56. The first-order valence-corrected chi connectivity index (χ1v) is 7.30. The molecule has 96 valence electrons. The molecule has 0 saturated heterocycles. The van der Waals surface area contributed by atoms with Gasteiger partial charge in [-0.25, -0.2) is 9.37 Å². The summed E-state index contributed by atoms with van der Waals surface area (Å²) in [6.07, 6.45) is 1.84. The zero-order valence-electron chi connectivity index (χ0n) is 10.2. The van der Waals surface area contributed by atoms with Crippen molar-refractivity contribution in [3.8, 4) is 10.6 Å². The molecule has 2 rings (SSSR count). The van der Waals surface area contributed by atoms with Crippen LogP contribution in [0, 0.1) is 5.82 Å². The van der Waals surface area contributed by atoms with Crippen molar-refractivity contribution in [2.45, 2.75) is 26.4 Å². The van der Waals surface area contributed by atoms with Crippen LogP contribution in [-0.4, -0.2) is 11.0 Å². The van der Waals surface area contributed by atoms with Gasteiger partial charge in [-0.3, -0.25) is 0 Å². The third kappa shape index (κ3) is 3.37. The van der Waals surface area contributed by atoms with Crippen molar-refractivity contribution in [1.29, 1.82) is 0 Å². The van der Waals surface area contributed by atoms with E-state index in [0.717, 1.165) is 22.0 Å². The van der Waals surface area contributed by atoms with Crippen LogP contribution < -0.4 is 5.32 Å². The summed E-state index contributed by atoms with van der Waals surface area (Å²) >= 11 is 4.73. The lowest BCUT2D eigenvalue weighted by Gasteiger charge is -2.04. The Morgan fingerprint density at radius 3 is 2.89 bits per heavy atom. The number of nitrogens with zero attached hydrogens (tertiary/aromatic N) is 1. The summed E-state index contributed by atoms with van der Waals surface area (Å²) in [5, 5.41) is 4.18. The van der Waals surface area contributed by atoms with Gasteiger partial charge in [-0.05, 0) is 28.1 Å². The molecule has 0 fully saturated rings. The molecule has 1 aromatic heterocycles. The maximum atomic E-state index is 13.4. The fraction of sp³-hybridized carbons (Fsp3) is 0.308. The van der Waals surface area contributed by atoms with Gasteiger partial charge in [0.15, 0.2) is 0 Å². The minimum atomic E-state index is -0.260. The van der Waals surface area contributed by atoms with Crippen LogP contribution in [0.15, 0.2) is 28.9 Å². The fourth-order valence-electron chi connectivity index (χ4n) is 1.46. The topological polar surface area (TPSA) is 24.9 Å². The number of halogens is 2. The van der Waals surface area contributed by atoms with Crippen LogP contribution in [0.1, 0.15) is 18.7 Å². The first-order valence-electron chi connectivity index (χ1n) is 5.70. The summed E-state index contributed by atoms with van der Waals surface area (Å²) in [6, 6.07) is 5.52. The lowest BCUT2D eigenvalue weighted by Crippen LogP contribution is -2.21. The van der Waals surface area contributed by atoms with Gasteiger partial charge in [0.2, 0.25) is 0 Å². The van der Waals surface area contributed by atoms with Crippen molar-refractivity contribution >= 4 is 27.3 Å². The molecule has 18 heavy (non-hydrogen) atoms. The van der Waals surface area contributed by atoms with Gasteiger partial charge in [-0.1, -0.05) is 19.9 Å². The summed E-state index contributed by atoms with van der Waals surface area (Å²) in [5.74, 6) is -0.260. The molecule has 0 aliphatic heterocycles. The van der Waals surface area contributed by atoms with Crippen LogP contribution in [0.2, 0.25) is 0 Å². The molecule has 0 amide bonds. The Morgan fingerprint density at radius 2 is 2.22 bits per heavy atom. The molecule has 1 heterocycles. The van der Waals surface area contributed by atoms with E-state index in [9.17, 15) is 4.39 Å². The van der Waals surface area contributed by atoms with Gasteiger partial charge in [0.05, 0.1) is 4.47 Å². The number of rotatable bonds is 4. The molecule has 0 spiro atoms. The second-order valence-electron chi connectivity index (χ2n) is 4.30. The highest BCUT2D eigenvalue weighted by atomic mass is 79.9. The second kappa shape index (κ2) is 5.91. The van der Waals surface area contributed by atoms with Crippen molar-refractivity contribution in [1.82, 2.24) is 10.3 Å². The highest BCUT2D eigenvalue weighted by molar-refractivity contribution is 9.10. The minimum Gasteiger partial charge on any atom is -0.310 e. The lowest BCUT2D eigenvalue weighted by molar-refractivity contribution is 0.593. The maximum Gasteiger partial charge on any atom is 0.138 e. The highest BCUT2D eigenvalue weighted by Gasteiger charge is 2.07. The first kappa shape index (κ1) is 13.6. The molecule has 0 aliphatic carbocycles. The lowest BCUT2D eigenvalue weighted by atomic mass is 10.2. The smallest absolute Gasteiger partial charge is 0.138 e. The van der Waals surface area contributed by atoms with E-state index in [4.69, 9.17) is 0 Å². The number of hydrogen-bond donors (Lipinski definition) is 1. The van der Waals surface area contributed by atoms with Crippen LogP contribution >= 0.6 is 27.3 Å². The zero-order chi connectivity index (χ0) is 13.1. The van der Waals surface area contributed by atoms with Gasteiger partial charge < -0.3 is 5.32 Å². The Hall–Kier alpha value is -0.780. The molecule has 2 aromatic rings. The molecule has 0 saturated carbocycles. The van der Waals surface area contributed by atoms with Gasteiger partial charge in [-0.15, -0.1) is 11.3 Å². The molecule has 5 heteroatoms. The molecule has 0 radical (unpaired) electrons. The fourth-order valence-corrected chi connectivity index (χ4v) is 2.56. The summed E-state index contributed by atoms with van der Waals surface area (Å²) in [6.45, 7) is 5.01. The van der Waals surface area contributed by atoms with Crippen molar-refractivity contribution in [2.75, 3.05) is 0 Å². The molecule has 0 atom stereocenters. The average Bonchev–Trinajstić information content (AvgIpc) is 2.79. The van der Waals surface area contributed by atoms with Gasteiger partial charge in [0.1, 0.15) is 10.8 Å². The van der Waals surface area contributed by atoms with E-state index in [2.05, 4.69) is 40.1 Å². The quantitative estimate of drug-likeness (QED) is 0.909. The molecule has 2 nitrogen and oxygen atoms in total. The van der Waals surface area contributed by atoms with E-state index in [1.165, 1.54) is 6.07 Å². The van der Waals surface area contributed by atoms with E-state index >= 15 is 0 Å². The standard InChI is InChI=1S/C13H14BrFN2S/c1-8(2)16-6-10-7-17-13(18-10)9-3-4-11(14)12(15)5-9/h3-5,7-8,16H,6H2,1-2H3. The van der Waals surface area contributed by atoms with Crippen molar-refractivity contribution in [3.63, 3.8) is 0 Å². The van der Waals surface area contributed by atoms with Gasteiger partial charge in [-0.2, -0.15) is 0 Å². The Balaban J connectivity index is 2.16. The van der Waals surface area contributed by atoms with Crippen LogP contribution in [0.5, 0.6) is 0 Å². The van der Waals surface area contributed by atoms with Crippen LogP contribution in [-0.2, 0) is 6.54 Å². The number of thiazole rings is 1. The Labute approximate surface area is 118 Å². The molecule has 0 unspecified atom stereocenters. The Kier molecular flexibility index (Phi) is 4.48. The monoisotopic (exact) mass is 328 g/mol. The number of aromatic nitrogens is 1. The van der Waals surface area contributed by atoms with Crippen LogP contribution in [0.3, 0.4) is 0 Å². The zero-order valence-corrected chi connectivity index (χ0v) is 12.6. The van der Waals surface area contributed by atoms with Crippen molar-refractivity contribution in [3.05, 3.63) is 39.6 Å². The van der Waals surface area contributed by atoms with Gasteiger partial charge in [0.25, 0.3) is 0 Å². The summed E-state index contributed by atoms with van der Waals surface area (Å²) in [4.78, 5) is 5.49. The predicted octanol–water partition coefficient (Wildman–Crippen LogP) is 4.21. The van der Waals surface area contributed by atoms with Crippen LogP contribution in [0.4, 0.5) is 4.39 Å². The maximum absolute atomic E-state index is 13.4. The second-order valence-corrected chi connectivity index (χ2v) is 6.27. The molecule has 1 N–H and O–H groups in total. The minimum absolute atomic E-state index is 0.260. The Bertz CT molecular complexity index is 540. The SMILES string of the molecule is CC(C)NCc1cnc(-c2ccc(Br)c(F)c2)s1. The molecular formula is C13H14BrFN2S. The van der Waals surface area contributed by atoms with Gasteiger partial charge in [0, 0.05) is 29.2 Å². The van der Waals surface area contributed by atoms with E-state index < -0.39 is 0 Å². The molecule has 1 aromatic carbocycles. The highest BCUT2D eigenvalue weighted by Crippen LogP contribution is 2.28. The number of hydrogen-bond acceptors (Lipinski definition) is 3.